The van der Waals surface area contributed by atoms with E-state index in [0.717, 1.165) is 25.3 Å². The fourth-order valence-corrected chi connectivity index (χ4v) is 2.50. The number of hydrogen-bond donors (Lipinski definition) is 2. The van der Waals surface area contributed by atoms with Crippen molar-refractivity contribution in [1.29, 1.82) is 0 Å². The Hall–Kier alpha value is -1.71. The first kappa shape index (κ1) is 14.7. The van der Waals surface area contributed by atoms with Crippen molar-refractivity contribution in [3.05, 3.63) is 59.7 Å². The molecule has 2 aromatic heterocycles. The van der Waals surface area contributed by atoms with Crippen LogP contribution in [0, 0.1) is 6.92 Å². The number of H-pyrrole nitrogens is 1. The van der Waals surface area contributed by atoms with Crippen LogP contribution >= 0.6 is 0 Å². The summed E-state index contributed by atoms with van der Waals surface area (Å²) in [6.45, 7) is 3.87. The summed E-state index contributed by atoms with van der Waals surface area (Å²) in [7, 11) is 0. The Kier molecular flexibility index (Phi) is 4.88. The summed E-state index contributed by atoms with van der Waals surface area (Å²) < 4.78 is 5.30. The van der Waals surface area contributed by atoms with Gasteiger partial charge in [-0.15, -0.1) is 0 Å². The average molecular weight is 290 g/mol. The zero-order chi connectivity index (χ0) is 13.1. The van der Waals surface area contributed by atoms with Crippen LogP contribution in [0.15, 0.2) is 47.1 Å². The normalized spacial score (nSPS) is 10.7. The summed E-state index contributed by atoms with van der Waals surface area (Å²) in [6.07, 6.45) is 2.73. The maximum absolute atomic E-state index is 5.30. The van der Waals surface area contributed by atoms with Gasteiger partial charge in [-0.1, -0.05) is 18.2 Å². The molecule has 2 heterocycles. The minimum absolute atomic E-state index is 0. The minimum Gasteiger partial charge on any atom is -1.00 e. The van der Waals surface area contributed by atoms with E-state index in [9.17, 15) is 0 Å². The van der Waals surface area contributed by atoms with Gasteiger partial charge in [0.2, 0.25) is 0 Å². The van der Waals surface area contributed by atoms with Gasteiger partial charge in [0.25, 0.3) is 0 Å². The summed E-state index contributed by atoms with van der Waals surface area (Å²) in [6, 6.07) is 12.4. The molecule has 3 nitrogen and oxygen atoms in total. The second-order valence-corrected chi connectivity index (χ2v) is 4.78. The zero-order valence-electron chi connectivity index (χ0n) is 11.4. The highest BCUT2D eigenvalue weighted by Crippen LogP contribution is 2.21. The molecule has 0 fully saturated rings. The Labute approximate surface area is 124 Å². The van der Waals surface area contributed by atoms with Gasteiger partial charge in [-0.3, -0.25) is 0 Å². The maximum atomic E-state index is 5.30. The molecule has 20 heavy (non-hydrogen) atoms. The first-order valence-electron chi connectivity index (χ1n) is 6.64. The third-order valence-electron chi connectivity index (χ3n) is 3.46. The van der Waals surface area contributed by atoms with Gasteiger partial charge < -0.3 is 27.1 Å². The molecule has 0 aliphatic carbocycles. The van der Waals surface area contributed by atoms with Crippen molar-refractivity contribution in [2.45, 2.75) is 19.9 Å². The summed E-state index contributed by atoms with van der Waals surface area (Å²) in [5.74, 6) is 0.982. The van der Waals surface area contributed by atoms with Crippen molar-refractivity contribution < 1.29 is 16.8 Å². The number of nitrogens with one attached hydrogen (secondary N) is 2. The van der Waals surface area contributed by atoms with E-state index in [1.54, 1.807) is 6.26 Å². The number of para-hydroxylation sites is 1. The van der Waals surface area contributed by atoms with E-state index >= 15 is 0 Å². The van der Waals surface area contributed by atoms with Crippen LogP contribution in [0.4, 0.5) is 0 Å². The highest BCUT2D eigenvalue weighted by molar-refractivity contribution is 5.84. The number of rotatable bonds is 5. The molecule has 4 heteroatoms. The number of aromatic nitrogens is 1. The molecule has 106 valence electrons. The number of hydrogen-bond acceptors (Lipinski definition) is 2. The second kappa shape index (κ2) is 6.64. The van der Waals surface area contributed by atoms with Crippen molar-refractivity contribution in [2.75, 3.05) is 6.54 Å². The van der Waals surface area contributed by atoms with Crippen molar-refractivity contribution in [3.63, 3.8) is 0 Å². The Morgan fingerprint density at radius 1 is 1.15 bits per heavy atom. The molecular formula is C16H18ClN2O-. The van der Waals surface area contributed by atoms with Crippen molar-refractivity contribution in [2.24, 2.45) is 0 Å². The lowest BCUT2D eigenvalue weighted by molar-refractivity contribution is -0.00000448. The molecule has 0 unspecified atom stereocenters. The molecule has 0 aliphatic heterocycles. The number of benzene rings is 1. The fourth-order valence-electron chi connectivity index (χ4n) is 2.50. The molecular weight excluding hydrogens is 272 g/mol. The molecule has 3 rings (SSSR count). The minimum atomic E-state index is 0. The second-order valence-electron chi connectivity index (χ2n) is 4.78. The van der Waals surface area contributed by atoms with E-state index in [4.69, 9.17) is 4.42 Å². The molecule has 0 saturated carbocycles. The van der Waals surface area contributed by atoms with E-state index in [2.05, 4.69) is 41.5 Å². The third-order valence-corrected chi connectivity index (χ3v) is 3.46. The fraction of sp³-hybridized carbons (Fsp3) is 0.250. The number of furan rings is 1. The predicted molar refractivity (Wildman–Crippen MR) is 77.2 cm³/mol. The van der Waals surface area contributed by atoms with E-state index in [1.165, 1.54) is 22.2 Å². The topological polar surface area (TPSA) is 41.0 Å². The molecule has 0 aliphatic rings. The quantitative estimate of drug-likeness (QED) is 0.668. The van der Waals surface area contributed by atoms with Crippen molar-refractivity contribution in [1.82, 2.24) is 10.3 Å². The number of aryl methyl sites for hydroxylation is 1. The lowest BCUT2D eigenvalue weighted by Crippen LogP contribution is -3.00. The van der Waals surface area contributed by atoms with Crippen LogP contribution < -0.4 is 17.7 Å². The SMILES string of the molecule is Cc1[nH]c2ccccc2c1CCNCc1ccco1.[Cl-]. The van der Waals surface area contributed by atoms with E-state index in [1.807, 2.05) is 12.1 Å². The van der Waals surface area contributed by atoms with Gasteiger partial charge in [0, 0.05) is 16.6 Å². The van der Waals surface area contributed by atoms with Crippen LogP contribution in [0.5, 0.6) is 0 Å². The maximum Gasteiger partial charge on any atom is 0.117 e. The highest BCUT2D eigenvalue weighted by atomic mass is 35.5. The van der Waals surface area contributed by atoms with Crippen LogP contribution in [0.25, 0.3) is 10.9 Å². The lowest BCUT2D eigenvalue weighted by atomic mass is 10.1. The lowest BCUT2D eigenvalue weighted by Gasteiger charge is -2.03. The molecule has 3 aromatic rings. The molecule has 0 atom stereocenters. The summed E-state index contributed by atoms with van der Waals surface area (Å²) in [4.78, 5) is 3.44. The van der Waals surface area contributed by atoms with Gasteiger partial charge in [-0.05, 0) is 43.7 Å². The third kappa shape index (κ3) is 3.06. The standard InChI is InChI=1S/C16H18N2O.ClH/c1-12-14(15-6-2-3-7-16(15)18-12)8-9-17-11-13-5-4-10-19-13;/h2-7,10,17-18H,8-9,11H2,1H3;1H/p-1. The molecule has 0 spiro atoms. The summed E-state index contributed by atoms with van der Waals surface area (Å²) in [5.41, 5.74) is 3.89. The van der Waals surface area contributed by atoms with Crippen LogP contribution in [0.1, 0.15) is 17.0 Å². The molecule has 0 amide bonds. The van der Waals surface area contributed by atoms with Crippen LogP contribution in [-0.2, 0) is 13.0 Å². The van der Waals surface area contributed by atoms with E-state index in [0.29, 0.717) is 0 Å². The van der Waals surface area contributed by atoms with Gasteiger partial charge in [-0.25, -0.2) is 0 Å². The highest BCUT2D eigenvalue weighted by Gasteiger charge is 2.07. The Balaban J connectivity index is 0.00000147. The average Bonchev–Trinajstić information content (AvgIpc) is 3.02. The molecule has 0 radical (unpaired) electrons. The van der Waals surface area contributed by atoms with Gasteiger partial charge in [-0.2, -0.15) is 0 Å². The number of fused-ring (bicyclic) bond motifs is 1. The van der Waals surface area contributed by atoms with Gasteiger partial charge in [0.15, 0.2) is 0 Å². The molecule has 1 aromatic carbocycles. The van der Waals surface area contributed by atoms with Crippen LogP contribution in [0.2, 0.25) is 0 Å². The van der Waals surface area contributed by atoms with Gasteiger partial charge >= 0.3 is 0 Å². The first-order chi connectivity index (χ1) is 9.34. The summed E-state index contributed by atoms with van der Waals surface area (Å²) >= 11 is 0. The van der Waals surface area contributed by atoms with E-state index in [-0.39, 0.29) is 12.4 Å². The first-order valence-corrected chi connectivity index (χ1v) is 6.64. The van der Waals surface area contributed by atoms with Crippen LogP contribution in [0.3, 0.4) is 0 Å². The monoisotopic (exact) mass is 289 g/mol. The Morgan fingerprint density at radius 3 is 2.80 bits per heavy atom. The number of aromatic amines is 1. The van der Waals surface area contributed by atoms with Crippen molar-refractivity contribution in [3.8, 4) is 0 Å². The summed E-state index contributed by atoms with van der Waals surface area (Å²) in [5, 5.41) is 4.74. The smallest absolute Gasteiger partial charge is 0.117 e. The van der Waals surface area contributed by atoms with Gasteiger partial charge in [0.1, 0.15) is 5.76 Å². The largest absolute Gasteiger partial charge is 1.00 e. The molecule has 2 N–H and O–H groups in total. The predicted octanol–water partition coefficient (Wildman–Crippen LogP) is 0.406. The Morgan fingerprint density at radius 2 is 2.00 bits per heavy atom. The number of halogens is 1. The van der Waals surface area contributed by atoms with Gasteiger partial charge in [0.05, 0.1) is 12.8 Å². The van der Waals surface area contributed by atoms with Crippen molar-refractivity contribution >= 4 is 10.9 Å². The Bertz CT molecular complexity index is 658. The zero-order valence-corrected chi connectivity index (χ0v) is 12.2. The van der Waals surface area contributed by atoms with Crippen LogP contribution in [-0.4, -0.2) is 11.5 Å². The van der Waals surface area contributed by atoms with E-state index < -0.39 is 0 Å². The molecule has 0 bridgehead atoms. The molecule has 0 saturated heterocycles.